The smallest absolute Gasteiger partial charge is 0.338 e. The van der Waals surface area contributed by atoms with Crippen LogP contribution in [0.15, 0.2) is 12.1 Å². The average molecular weight is 234 g/mol. The lowest BCUT2D eigenvalue weighted by Crippen LogP contribution is -2.20. The van der Waals surface area contributed by atoms with Gasteiger partial charge in [0, 0.05) is 13.1 Å². The summed E-state index contributed by atoms with van der Waals surface area (Å²) in [6, 6.07) is 3.70. The summed E-state index contributed by atoms with van der Waals surface area (Å²) in [6.07, 6.45) is 2.41. The minimum absolute atomic E-state index is 0.331. The second-order valence-electron chi connectivity index (χ2n) is 4.41. The van der Waals surface area contributed by atoms with Crippen LogP contribution in [0.3, 0.4) is 0 Å². The molecule has 1 saturated heterocycles. The van der Waals surface area contributed by atoms with Crippen molar-refractivity contribution in [3.05, 3.63) is 23.3 Å². The predicted octanol–water partition coefficient (Wildman–Crippen LogP) is 1.96. The van der Waals surface area contributed by atoms with Crippen LogP contribution in [0.25, 0.3) is 0 Å². The maximum absolute atomic E-state index is 11.5. The molecule has 1 heterocycles. The highest BCUT2D eigenvalue weighted by Gasteiger charge is 2.18. The lowest BCUT2D eigenvalue weighted by atomic mass is 10.1. The minimum atomic E-state index is -0.331. The van der Waals surface area contributed by atoms with Gasteiger partial charge in [0.05, 0.1) is 24.0 Å². The first kappa shape index (κ1) is 11.8. The van der Waals surface area contributed by atoms with E-state index in [-0.39, 0.29) is 5.97 Å². The van der Waals surface area contributed by atoms with Gasteiger partial charge in [-0.2, -0.15) is 0 Å². The number of carbonyl (C=O) groups is 1. The van der Waals surface area contributed by atoms with Gasteiger partial charge in [0.1, 0.15) is 0 Å². The van der Waals surface area contributed by atoms with Gasteiger partial charge in [0.15, 0.2) is 0 Å². The van der Waals surface area contributed by atoms with Crippen molar-refractivity contribution in [1.29, 1.82) is 0 Å². The molecule has 0 radical (unpaired) electrons. The lowest BCUT2D eigenvalue weighted by molar-refractivity contribution is 0.0600. The first-order valence-corrected chi connectivity index (χ1v) is 5.87. The van der Waals surface area contributed by atoms with E-state index in [1.807, 2.05) is 13.0 Å². The number of aryl methyl sites for hydroxylation is 1. The van der Waals surface area contributed by atoms with Crippen LogP contribution in [-0.4, -0.2) is 26.2 Å². The molecule has 0 aliphatic carbocycles. The van der Waals surface area contributed by atoms with E-state index in [0.717, 1.165) is 24.3 Å². The minimum Gasteiger partial charge on any atom is -0.465 e. The van der Waals surface area contributed by atoms with Gasteiger partial charge in [-0.15, -0.1) is 0 Å². The fourth-order valence-corrected chi connectivity index (χ4v) is 2.27. The van der Waals surface area contributed by atoms with Gasteiger partial charge in [0.25, 0.3) is 0 Å². The predicted molar refractivity (Wildman–Crippen MR) is 68.4 cm³/mol. The van der Waals surface area contributed by atoms with Crippen LogP contribution in [-0.2, 0) is 4.74 Å². The maximum Gasteiger partial charge on any atom is 0.338 e. The lowest BCUT2D eigenvalue weighted by Gasteiger charge is -2.21. The Hall–Kier alpha value is -1.71. The molecular weight excluding hydrogens is 216 g/mol. The van der Waals surface area contributed by atoms with Crippen molar-refractivity contribution in [2.75, 3.05) is 30.8 Å². The zero-order chi connectivity index (χ0) is 12.4. The van der Waals surface area contributed by atoms with Crippen molar-refractivity contribution < 1.29 is 9.53 Å². The molecule has 1 aliphatic heterocycles. The SMILES string of the molecule is COC(=O)c1cc(N)c(N2CCCC2)cc1C. The average Bonchev–Trinajstić information content (AvgIpc) is 2.84. The van der Waals surface area contributed by atoms with Crippen molar-refractivity contribution in [2.24, 2.45) is 0 Å². The van der Waals surface area contributed by atoms with Gasteiger partial charge in [-0.25, -0.2) is 4.79 Å². The summed E-state index contributed by atoms with van der Waals surface area (Å²) in [4.78, 5) is 13.8. The Morgan fingerprint density at radius 3 is 2.59 bits per heavy atom. The summed E-state index contributed by atoms with van der Waals surface area (Å²) < 4.78 is 4.73. The van der Waals surface area contributed by atoms with Crippen LogP contribution in [0.2, 0.25) is 0 Å². The number of esters is 1. The number of nitrogens with zero attached hydrogens (tertiary/aromatic N) is 1. The summed E-state index contributed by atoms with van der Waals surface area (Å²) in [6.45, 7) is 3.99. The Kier molecular flexibility index (Phi) is 3.22. The Morgan fingerprint density at radius 2 is 2.00 bits per heavy atom. The molecule has 1 aromatic rings. The number of benzene rings is 1. The molecule has 2 rings (SSSR count). The molecule has 0 amide bonds. The van der Waals surface area contributed by atoms with Crippen LogP contribution in [0.1, 0.15) is 28.8 Å². The molecule has 0 saturated carbocycles. The highest BCUT2D eigenvalue weighted by atomic mass is 16.5. The van der Waals surface area contributed by atoms with Gasteiger partial charge < -0.3 is 15.4 Å². The standard InChI is InChI=1S/C13H18N2O2/c1-9-7-12(15-5-3-4-6-15)11(14)8-10(9)13(16)17-2/h7-8H,3-6,14H2,1-2H3. The largest absolute Gasteiger partial charge is 0.465 e. The van der Waals surface area contributed by atoms with E-state index >= 15 is 0 Å². The van der Waals surface area contributed by atoms with Gasteiger partial charge in [0.2, 0.25) is 0 Å². The summed E-state index contributed by atoms with van der Waals surface area (Å²) in [5.41, 5.74) is 9.16. The van der Waals surface area contributed by atoms with Crippen molar-refractivity contribution in [1.82, 2.24) is 0 Å². The zero-order valence-corrected chi connectivity index (χ0v) is 10.3. The molecule has 0 spiro atoms. The van der Waals surface area contributed by atoms with E-state index in [1.165, 1.54) is 20.0 Å². The molecule has 17 heavy (non-hydrogen) atoms. The maximum atomic E-state index is 11.5. The quantitative estimate of drug-likeness (QED) is 0.628. The normalized spacial score (nSPS) is 15.1. The third-order valence-electron chi connectivity index (χ3n) is 3.23. The van der Waals surface area contributed by atoms with E-state index in [2.05, 4.69) is 4.90 Å². The molecule has 0 unspecified atom stereocenters. The van der Waals surface area contributed by atoms with Crippen LogP contribution in [0.4, 0.5) is 11.4 Å². The van der Waals surface area contributed by atoms with Crippen LogP contribution in [0, 0.1) is 6.92 Å². The van der Waals surface area contributed by atoms with E-state index in [9.17, 15) is 4.79 Å². The molecule has 0 atom stereocenters. The molecule has 4 heteroatoms. The van der Waals surface area contributed by atoms with Crippen LogP contribution < -0.4 is 10.6 Å². The van der Waals surface area contributed by atoms with Crippen molar-refractivity contribution >= 4 is 17.3 Å². The Morgan fingerprint density at radius 1 is 1.35 bits per heavy atom. The number of nitrogens with two attached hydrogens (primary N) is 1. The van der Waals surface area contributed by atoms with E-state index < -0.39 is 0 Å². The third-order valence-corrected chi connectivity index (χ3v) is 3.23. The first-order valence-electron chi connectivity index (χ1n) is 5.87. The Bertz CT molecular complexity index is 437. The number of carbonyl (C=O) groups excluding carboxylic acids is 1. The highest BCUT2D eigenvalue weighted by molar-refractivity contribution is 5.93. The van der Waals surface area contributed by atoms with Gasteiger partial charge in [-0.1, -0.05) is 0 Å². The second kappa shape index (κ2) is 4.65. The second-order valence-corrected chi connectivity index (χ2v) is 4.41. The topological polar surface area (TPSA) is 55.6 Å². The number of hydrogen-bond acceptors (Lipinski definition) is 4. The molecule has 0 bridgehead atoms. The summed E-state index contributed by atoms with van der Waals surface area (Å²) in [5, 5.41) is 0. The fraction of sp³-hybridized carbons (Fsp3) is 0.462. The monoisotopic (exact) mass is 234 g/mol. The van der Waals surface area contributed by atoms with Gasteiger partial charge in [-0.05, 0) is 37.5 Å². The van der Waals surface area contributed by atoms with E-state index in [1.54, 1.807) is 6.07 Å². The van der Waals surface area contributed by atoms with E-state index in [4.69, 9.17) is 10.5 Å². The Balaban J connectivity index is 2.37. The van der Waals surface area contributed by atoms with Crippen molar-refractivity contribution in [3.63, 3.8) is 0 Å². The fourth-order valence-electron chi connectivity index (χ4n) is 2.27. The number of methoxy groups -OCH3 is 1. The molecule has 1 aromatic carbocycles. The zero-order valence-electron chi connectivity index (χ0n) is 10.3. The molecule has 1 aliphatic rings. The van der Waals surface area contributed by atoms with Crippen LogP contribution in [0.5, 0.6) is 0 Å². The number of rotatable bonds is 2. The first-order chi connectivity index (χ1) is 8.13. The highest BCUT2D eigenvalue weighted by Crippen LogP contribution is 2.30. The summed E-state index contributed by atoms with van der Waals surface area (Å²) in [7, 11) is 1.38. The molecule has 0 aromatic heterocycles. The third kappa shape index (κ3) is 2.20. The molecular formula is C13H18N2O2. The molecule has 2 N–H and O–H groups in total. The van der Waals surface area contributed by atoms with Crippen LogP contribution >= 0.6 is 0 Å². The molecule has 4 nitrogen and oxygen atoms in total. The number of ether oxygens (including phenoxy) is 1. The van der Waals surface area contributed by atoms with Crippen molar-refractivity contribution in [3.8, 4) is 0 Å². The Labute approximate surface area is 101 Å². The van der Waals surface area contributed by atoms with Gasteiger partial charge in [-0.3, -0.25) is 0 Å². The van der Waals surface area contributed by atoms with Gasteiger partial charge >= 0.3 is 5.97 Å². The summed E-state index contributed by atoms with van der Waals surface area (Å²) >= 11 is 0. The van der Waals surface area contributed by atoms with E-state index in [0.29, 0.717) is 11.3 Å². The summed E-state index contributed by atoms with van der Waals surface area (Å²) in [5.74, 6) is -0.331. The number of anilines is 2. The molecule has 92 valence electrons. The number of nitrogen functional groups attached to an aromatic ring is 1. The molecule has 1 fully saturated rings. The van der Waals surface area contributed by atoms with Crippen molar-refractivity contribution in [2.45, 2.75) is 19.8 Å². The number of hydrogen-bond donors (Lipinski definition) is 1.